The molecule has 118 valence electrons. The standard InChI is InChI=1S/C12H14N4O4S2/c1-8-7-21-12(14-8)6-15(2)9-3-10(16(17)18)5-11(4-9)22(13,19)20/h3-5,7H,6H2,1-2H3,(H2,13,19,20). The summed E-state index contributed by atoms with van der Waals surface area (Å²) >= 11 is 1.46. The zero-order valence-electron chi connectivity index (χ0n) is 11.9. The van der Waals surface area contributed by atoms with Gasteiger partial charge < -0.3 is 4.90 Å². The van der Waals surface area contributed by atoms with Gasteiger partial charge in [0.1, 0.15) is 5.01 Å². The first-order chi connectivity index (χ1) is 10.2. The van der Waals surface area contributed by atoms with E-state index in [1.807, 2.05) is 12.3 Å². The molecule has 0 atom stereocenters. The highest BCUT2D eigenvalue weighted by molar-refractivity contribution is 7.89. The Labute approximate surface area is 131 Å². The number of sulfonamides is 1. The second-order valence-corrected chi connectivity index (χ2v) is 7.23. The van der Waals surface area contributed by atoms with Crippen LogP contribution in [0.3, 0.4) is 0 Å². The van der Waals surface area contributed by atoms with E-state index in [0.29, 0.717) is 12.2 Å². The Kier molecular flexibility index (Phi) is 4.44. The molecule has 0 aliphatic heterocycles. The number of nitro benzene ring substituents is 1. The van der Waals surface area contributed by atoms with Crippen molar-refractivity contribution in [2.75, 3.05) is 11.9 Å². The molecule has 0 saturated carbocycles. The van der Waals surface area contributed by atoms with Gasteiger partial charge in [0.25, 0.3) is 5.69 Å². The number of aromatic nitrogens is 1. The number of primary sulfonamides is 1. The first-order valence-electron chi connectivity index (χ1n) is 6.11. The van der Waals surface area contributed by atoms with Crippen LogP contribution < -0.4 is 10.0 Å². The van der Waals surface area contributed by atoms with Crippen molar-refractivity contribution in [1.29, 1.82) is 0 Å². The Morgan fingerprint density at radius 3 is 2.59 bits per heavy atom. The monoisotopic (exact) mass is 342 g/mol. The van der Waals surface area contributed by atoms with Crippen LogP contribution in [0, 0.1) is 17.0 Å². The fraction of sp³-hybridized carbons (Fsp3) is 0.250. The van der Waals surface area contributed by atoms with Crippen molar-refractivity contribution in [2.45, 2.75) is 18.4 Å². The summed E-state index contributed by atoms with van der Waals surface area (Å²) in [6.45, 7) is 2.27. The zero-order chi connectivity index (χ0) is 16.5. The minimum atomic E-state index is -4.03. The average Bonchev–Trinajstić information content (AvgIpc) is 2.82. The summed E-state index contributed by atoms with van der Waals surface area (Å²) in [6, 6.07) is 3.55. The van der Waals surface area contributed by atoms with E-state index in [2.05, 4.69) is 4.98 Å². The minimum absolute atomic E-state index is 0.293. The Morgan fingerprint density at radius 2 is 2.09 bits per heavy atom. The molecule has 10 heteroatoms. The van der Waals surface area contributed by atoms with Crippen molar-refractivity contribution >= 4 is 32.7 Å². The molecule has 0 saturated heterocycles. The highest BCUT2D eigenvalue weighted by Gasteiger charge is 2.18. The van der Waals surface area contributed by atoms with Crippen LogP contribution in [0.25, 0.3) is 0 Å². The molecule has 0 spiro atoms. The smallest absolute Gasteiger partial charge is 0.272 e. The number of nitro groups is 1. The number of thiazole rings is 1. The minimum Gasteiger partial charge on any atom is -0.368 e. The molecule has 0 bridgehead atoms. The third-order valence-electron chi connectivity index (χ3n) is 2.90. The topological polar surface area (TPSA) is 119 Å². The number of non-ortho nitro benzene ring substituents is 1. The molecular weight excluding hydrogens is 328 g/mol. The van der Waals surface area contributed by atoms with E-state index in [4.69, 9.17) is 5.14 Å². The number of hydrogen-bond acceptors (Lipinski definition) is 7. The third-order valence-corrected chi connectivity index (χ3v) is 4.74. The summed E-state index contributed by atoms with van der Waals surface area (Å²) in [4.78, 5) is 16.0. The largest absolute Gasteiger partial charge is 0.368 e. The van der Waals surface area contributed by atoms with Crippen LogP contribution >= 0.6 is 11.3 Å². The predicted molar refractivity (Wildman–Crippen MR) is 83.4 cm³/mol. The summed E-state index contributed by atoms with van der Waals surface area (Å²) < 4.78 is 22.9. The maximum atomic E-state index is 11.5. The normalized spacial score (nSPS) is 11.4. The van der Waals surface area contributed by atoms with Crippen molar-refractivity contribution in [1.82, 2.24) is 4.98 Å². The highest BCUT2D eigenvalue weighted by atomic mass is 32.2. The molecule has 0 amide bonds. The predicted octanol–water partition coefficient (Wildman–Crippen LogP) is 1.64. The van der Waals surface area contributed by atoms with Gasteiger partial charge in [0.2, 0.25) is 10.0 Å². The van der Waals surface area contributed by atoms with Crippen molar-refractivity contribution < 1.29 is 13.3 Å². The van der Waals surface area contributed by atoms with Crippen molar-refractivity contribution in [3.05, 3.63) is 44.4 Å². The Morgan fingerprint density at radius 1 is 1.41 bits per heavy atom. The first-order valence-corrected chi connectivity index (χ1v) is 8.54. The van der Waals surface area contributed by atoms with Gasteiger partial charge in [0.15, 0.2) is 0 Å². The van der Waals surface area contributed by atoms with E-state index in [9.17, 15) is 18.5 Å². The maximum Gasteiger partial charge on any atom is 0.272 e. The summed E-state index contributed by atoms with van der Waals surface area (Å²) in [5.41, 5.74) is 0.937. The van der Waals surface area contributed by atoms with Gasteiger partial charge in [-0.1, -0.05) is 0 Å². The molecule has 22 heavy (non-hydrogen) atoms. The van der Waals surface area contributed by atoms with E-state index in [1.54, 1.807) is 11.9 Å². The number of rotatable bonds is 5. The fourth-order valence-corrected chi connectivity index (χ4v) is 3.22. The lowest BCUT2D eigenvalue weighted by Gasteiger charge is -2.18. The summed E-state index contributed by atoms with van der Waals surface area (Å²) in [7, 11) is -2.33. The van der Waals surface area contributed by atoms with Crippen LogP contribution in [0.15, 0.2) is 28.5 Å². The van der Waals surface area contributed by atoms with Crippen molar-refractivity contribution in [3.8, 4) is 0 Å². The van der Waals surface area contributed by atoms with E-state index in [0.717, 1.165) is 16.8 Å². The molecule has 0 radical (unpaired) electrons. The molecule has 2 aromatic rings. The molecule has 0 aliphatic rings. The van der Waals surface area contributed by atoms with Crippen LogP contribution in [-0.4, -0.2) is 25.4 Å². The quantitative estimate of drug-likeness (QED) is 0.651. The van der Waals surface area contributed by atoms with Crippen LogP contribution in [0.2, 0.25) is 0 Å². The number of hydrogen-bond donors (Lipinski definition) is 1. The molecule has 1 heterocycles. The average molecular weight is 342 g/mol. The van der Waals surface area contributed by atoms with Crippen LogP contribution in [0.4, 0.5) is 11.4 Å². The third kappa shape index (κ3) is 3.78. The summed E-state index contributed by atoms with van der Waals surface area (Å²) in [6.07, 6.45) is 0. The van der Waals surface area contributed by atoms with E-state index in [-0.39, 0.29) is 10.6 Å². The number of aryl methyl sites for hydroxylation is 1. The second-order valence-electron chi connectivity index (χ2n) is 4.73. The zero-order valence-corrected chi connectivity index (χ0v) is 13.5. The SMILES string of the molecule is Cc1csc(CN(C)c2cc([N+](=O)[O-])cc(S(N)(=O)=O)c2)n1. The van der Waals surface area contributed by atoms with E-state index in [1.165, 1.54) is 23.5 Å². The number of nitrogens with two attached hydrogens (primary N) is 1. The summed E-state index contributed by atoms with van der Waals surface area (Å²) in [5.74, 6) is 0. The van der Waals surface area contributed by atoms with Crippen LogP contribution in [-0.2, 0) is 16.6 Å². The van der Waals surface area contributed by atoms with E-state index < -0.39 is 14.9 Å². The molecule has 8 nitrogen and oxygen atoms in total. The lowest BCUT2D eigenvalue weighted by atomic mass is 10.2. The number of nitrogens with zero attached hydrogens (tertiary/aromatic N) is 3. The van der Waals surface area contributed by atoms with Gasteiger partial charge in [-0.05, 0) is 13.0 Å². The van der Waals surface area contributed by atoms with Crippen molar-refractivity contribution in [2.24, 2.45) is 5.14 Å². The van der Waals surface area contributed by atoms with Gasteiger partial charge in [-0.25, -0.2) is 18.5 Å². The van der Waals surface area contributed by atoms with Crippen molar-refractivity contribution in [3.63, 3.8) is 0 Å². The molecule has 1 aromatic carbocycles. The fourth-order valence-electron chi connectivity index (χ4n) is 1.83. The van der Waals surface area contributed by atoms with Gasteiger partial charge >= 0.3 is 0 Å². The highest BCUT2D eigenvalue weighted by Crippen LogP contribution is 2.26. The number of anilines is 1. The van der Waals surface area contributed by atoms with Gasteiger partial charge in [0, 0.05) is 35.9 Å². The van der Waals surface area contributed by atoms with Gasteiger partial charge in [-0.2, -0.15) is 0 Å². The lowest BCUT2D eigenvalue weighted by Crippen LogP contribution is -2.18. The maximum absolute atomic E-state index is 11.5. The van der Waals surface area contributed by atoms with Gasteiger partial charge in [-0.3, -0.25) is 10.1 Å². The first kappa shape index (κ1) is 16.3. The van der Waals surface area contributed by atoms with Crippen LogP contribution in [0.1, 0.15) is 10.7 Å². The number of benzene rings is 1. The molecule has 2 N–H and O–H groups in total. The molecule has 0 unspecified atom stereocenters. The van der Waals surface area contributed by atoms with E-state index >= 15 is 0 Å². The Balaban J connectivity index is 2.40. The second kappa shape index (κ2) is 5.99. The molecule has 1 aromatic heterocycles. The lowest BCUT2D eigenvalue weighted by molar-refractivity contribution is -0.385. The van der Waals surface area contributed by atoms with Gasteiger partial charge in [-0.15, -0.1) is 11.3 Å². The van der Waals surface area contributed by atoms with Crippen LogP contribution in [0.5, 0.6) is 0 Å². The Hall–Kier alpha value is -2.04. The van der Waals surface area contributed by atoms with Gasteiger partial charge in [0.05, 0.1) is 16.4 Å². The molecule has 2 rings (SSSR count). The Bertz CT molecular complexity index is 816. The molecule has 0 fully saturated rings. The molecule has 0 aliphatic carbocycles. The molecular formula is C12H14N4O4S2. The summed E-state index contributed by atoms with van der Waals surface area (Å²) in [5, 5.41) is 18.7.